The number of anilines is 1. The first-order valence-electron chi connectivity index (χ1n) is 3.61. The van der Waals surface area contributed by atoms with Gasteiger partial charge in [-0.2, -0.15) is 0 Å². The number of rotatable bonds is 2. The van der Waals surface area contributed by atoms with Gasteiger partial charge in [-0.15, -0.1) is 5.10 Å². The number of nitrogen functional groups attached to an aromatic ring is 1. The van der Waals surface area contributed by atoms with Crippen molar-refractivity contribution in [1.82, 2.24) is 14.8 Å². The topological polar surface area (TPSA) is 66.0 Å². The molecule has 0 aliphatic carbocycles. The van der Waals surface area contributed by atoms with E-state index in [2.05, 4.69) is 10.1 Å². The van der Waals surface area contributed by atoms with E-state index in [0.717, 1.165) is 5.00 Å². The molecule has 0 bridgehead atoms. The Hall–Kier alpha value is -1.56. The normalized spacial score (nSPS) is 10.2. The summed E-state index contributed by atoms with van der Waals surface area (Å²) in [6.07, 6.45) is 3.47. The minimum Gasteiger partial charge on any atom is -0.473 e. The first-order valence-corrected chi connectivity index (χ1v) is 4.42. The van der Waals surface area contributed by atoms with Gasteiger partial charge in [0.05, 0.1) is 13.3 Å². The molecular formula is C7H8N4OS. The highest BCUT2D eigenvalue weighted by atomic mass is 32.1. The molecule has 0 unspecified atom stereocenters. The lowest BCUT2D eigenvalue weighted by Gasteiger charge is -1.92. The van der Waals surface area contributed by atoms with Crippen molar-refractivity contribution < 1.29 is 4.74 Å². The Morgan fingerprint density at radius 3 is 3.00 bits per heavy atom. The van der Waals surface area contributed by atoms with Gasteiger partial charge in [-0.1, -0.05) is 11.3 Å². The highest BCUT2D eigenvalue weighted by Crippen LogP contribution is 2.23. The van der Waals surface area contributed by atoms with Crippen molar-refractivity contribution in [1.29, 1.82) is 0 Å². The van der Waals surface area contributed by atoms with E-state index in [1.165, 1.54) is 11.3 Å². The average molecular weight is 196 g/mol. The molecule has 2 rings (SSSR count). The van der Waals surface area contributed by atoms with Crippen molar-refractivity contribution in [3.05, 3.63) is 18.5 Å². The number of nitrogens with two attached hydrogens (primary N) is 1. The van der Waals surface area contributed by atoms with Crippen LogP contribution in [0.3, 0.4) is 0 Å². The summed E-state index contributed by atoms with van der Waals surface area (Å²) < 4.78 is 6.62. The van der Waals surface area contributed by atoms with Gasteiger partial charge >= 0.3 is 0 Å². The molecule has 0 aromatic carbocycles. The van der Waals surface area contributed by atoms with Crippen LogP contribution >= 0.6 is 11.3 Å². The van der Waals surface area contributed by atoms with Crippen molar-refractivity contribution in [3.8, 4) is 10.2 Å². The van der Waals surface area contributed by atoms with Gasteiger partial charge in [-0.3, -0.25) is 0 Å². The standard InChI is InChI=1S/C7H8N4OS/c1-12-7-9-4-6(13-7)11-3-2-5(8)10-11/h2-4H,1H3,(H2,8,10). The Balaban J connectivity index is 2.35. The van der Waals surface area contributed by atoms with Crippen molar-refractivity contribution in [2.45, 2.75) is 0 Å². The van der Waals surface area contributed by atoms with E-state index >= 15 is 0 Å². The molecule has 2 aromatic rings. The van der Waals surface area contributed by atoms with Gasteiger partial charge in [0, 0.05) is 12.3 Å². The molecule has 0 atom stereocenters. The van der Waals surface area contributed by atoms with Gasteiger partial charge in [-0.05, 0) is 0 Å². The number of ether oxygens (including phenoxy) is 1. The Labute approximate surface area is 78.8 Å². The number of hydrogen-bond donors (Lipinski definition) is 1. The monoisotopic (exact) mass is 196 g/mol. The molecule has 0 saturated carbocycles. The van der Waals surface area contributed by atoms with E-state index in [1.807, 2.05) is 0 Å². The van der Waals surface area contributed by atoms with Gasteiger partial charge in [-0.25, -0.2) is 9.67 Å². The zero-order valence-corrected chi connectivity index (χ0v) is 7.78. The molecule has 0 amide bonds. The lowest BCUT2D eigenvalue weighted by molar-refractivity contribution is 0.412. The van der Waals surface area contributed by atoms with Crippen molar-refractivity contribution in [3.63, 3.8) is 0 Å². The number of methoxy groups -OCH3 is 1. The third kappa shape index (κ3) is 1.48. The highest BCUT2D eigenvalue weighted by molar-refractivity contribution is 7.15. The second-order valence-corrected chi connectivity index (χ2v) is 3.33. The third-order valence-corrected chi connectivity index (χ3v) is 2.43. The van der Waals surface area contributed by atoms with Gasteiger partial charge in [0.1, 0.15) is 10.8 Å². The lowest BCUT2D eigenvalue weighted by Crippen LogP contribution is -1.92. The Kier molecular flexibility index (Phi) is 1.90. The number of aromatic nitrogens is 3. The molecule has 2 heterocycles. The maximum absolute atomic E-state index is 5.48. The number of nitrogens with zero attached hydrogens (tertiary/aromatic N) is 3. The van der Waals surface area contributed by atoms with E-state index < -0.39 is 0 Å². The first-order chi connectivity index (χ1) is 6.29. The molecule has 6 heteroatoms. The molecule has 0 fully saturated rings. The predicted molar refractivity (Wildman–Crippen MR) is 50.2 cm³/mol. The third-order valence-electron chi connectivity index (χ3n) is 1.48. The summed E-state index contributed by atoms with van der Waals surface area (Å²) >= 11 is 1.41. The molecule has 2 N–H and O–H groups in total. The average Bonchev–Trinajstić information content (AvgIpc) is 2.71. The summed E-state index contributed by atoms with van der Waals surface area (Å²) in [5, 5.41) is 5.54. The predicted octanol–water partition coefficient (Wildman–Crippen LogP) is 0.920. The van der Waals surface area contributed by atoms with Crippen LogP contribution in [0.15, 0.2) is 18.5 Å². The fraction of sp³-hybridized carbons (Fsp3) is 0.143. The molecular weight excluding hydrogens is 188 g/mol. The molecule has 0 radical (unpaired) electrons. The molecule has 68 valence electrons. The van der Waals surface area contributed by atoms with Crippen molar-refractivity contribution >= 4 is 17.2 Å². The van der Waals surface area contributed by atoms with Crippen LogP contribution in [0.25, 0.3) is 5.00 Å². The van der Waals surface area contributed by atoms with Crippen LogP contribution in [0.1, 0.15) is 0 Å². The summed E-state index contributed by atoms with van der Waals surface area (Å²) in [5.41, 5.74) is 5.48. The fourth-order valence-electron chi connectivity index (χ4n) is 0.911. The SMILES string of the molecule is COc1ncc(-n2ccc(N)n2)s1. The van der Waals surface area contributed by atoms with Crippen LogP contribution < -0.4 is 10.5 Å². The van der Waals surface area contributed by atoms with Crippen molar-refractivity contribution in [2.75, 3.05) is 12.8 Å². The first kappa shape index (κ1) is 8.06. The van der Waals surface area contributed by atoms with Crippen LogP contribution in [0.2, 0.25) is 0 Å². The number of thiazole rings is 1. The van der Waals surface area contributed by atoms with E-state index in [1.54, 1.807) is 30.3 Å². The Bertz CT molecular complexity index is 408. The summed E-state index contributed by atoms with van der Waals surface area (Å²) in [7, 11) is 1.58. The molecule has 0 aliphatic rings. The van der Waals surface area contributed by atoms with Crippen LogP contribution in [0.4, 0.5) is 5.82 Å². The zero-order chi connectivity index (χ0) is 9.26. The smallest absolute Gasteiger partial charge is 0.274 e. The maximum Gasteiger partial charge on any atom is 0.274 e. The molecule has 0 saturated heterocycles. The van der Waals surface area contributed by atoms with Crippen LogP contribution in [-0.4, -0.2) is 21.9 Å². The minimum atomic E-state index is 0.493. The van der Waals surface area contributed by atoms with Gasteiger partial charge in [0.2, 0.25) is 0 Å². The van der Waals surface area contributed by atoms with Crippen molar-refractivity contribution in [2.24, 2.45) is 0 Å². The fourth-order valence-corrected chi connectivity index (χ4v) is 1.58. The zero-order valence-electron chi connectivity index (χ0n) is 6.97. The molecule has 0 spiro atoms. The quantitative estimate of drug-likeness (QED) is 0.775. The van der Waals surface area contributed by atoms with Gasteiger partial charge < -0.3 is 10.5 Å². The van der Waals surface area contributed by atoms with Crippen LogP contribution in [-0.2, 0) is 0 Å². The van der Waals surface area contributed by atoms with E-state index in [-0.39, 0.29) is 0 Å². The summed E-state index contributed by atoms with van der Waals surface area (Å²) in [4.78, 5) is 4.01. The summed E-state index contributed by atoms with van der Waals surface area (Å²) in [5.74, 6) is 0.493. The second-order valence-electron chi connectivity index (χ2n) is 2.35. The molecule has 13 heavy (non-hydrogen) atoms. The Morgan fingerprint density at radius 2 is 2.46 bits per heavy atom. The van der Waals surface area contributed by atoms with E-state index in [4.69, 9.17) is 10.5 Å². The van der Waals surface area contributed by atoms with E-state index in [0.29, 0.717) is 11.0 Å². The lowest BCUT2D eigenvalue weighted by atomic mass is 10.7. The Morgan fingerprint density at radius 1 is 1.62 bits per heavy atom. The molecule has 0 aliphatic heterocycles. The molecule has 5 nitrogen and oxygen atoms in total. The van der Waals surface area contributed by atoms with Gasteiger partial charge in [0.25, 0.3) is 5.19 Å². The van der Waals surface area contributed by atoms with Crippen LogP contribution in [0, 0.1) is 0 Å². The largest absolute Gasteiger partial charge is 0.473 e. The maximum atomic E-state index is 5.48. The molecule has 2 aromatic heterocycles. The second kappa shape index (κ2) is 3.06. The highest BCUT2D eigenvalue weighted by Gasteiger charge is 2.04. The number of hydrogen-bond acceptors (Lipinski definition) is 5. The van der Waals surface area contributed by atoms with E-state index in [9.17, 15) is 0 Å². The van der Waals surface area contributed by atoms with Gasteiger partial charge in [0.15, 0.2) is 0 Å². The van der Waals surface area contributed by atoms with Crippen LogP contribution in [0.5, 0.6) is 5.19 Å². The summed E-state index contributed by atoms with van der Waals surface area (Å²) in [6, 6.07) is 1.73. The minimum absolute atomic E-state index is 0.493. The summed E-state index contributed by atoms with van der Waals surface area (Å²) in [6.45, 7) is 0.